The van der Waals surface area contributed by atoms with Crippen molar-refractivity contribution in [3.05, 3.63) is 35.6 Å². The molecule has 0 radical (unpaired) electrons. The Morgan fingerprint density at radius 2 is 2.12 bits per heavy atom. The number of benzene rings is 1. The molecule has 0 spiro atoms. The zero-order chi connectivity index (χ0) is 17.9. The van der Waals surface area contributed by atoms with Crippen LogP contribution in [0.1, 0.15) is 18.5 Å². The molecule has 1 aliphatic heterocycles. The van der Waals surface area contributed by atoms with Gasteiger partial charge in [-0.1, -0.05) is 12.1 Å². The Morgan fingerprint density at radius 1 is 1.35 bits per heavy atom. The summed E-state index contributed by atoms with van der Waals surface area (Å²) in [6.07, 6.45) is 0. The molecular formula is C18H30FIN4O2. The van der Waals surface area contributed by atoms with E-state index < -0.39 is 0 Å². The van der Waals surface area contributed by atoms with E-state index >= 15 is 0 Å². The number of hydrogen-bond acceptors (Lipinski definition) is 4. The van der Waals surface area contributed by atoms with E-state index in [1.807, 2.05) is 13.0 Å². The maximum Gasteiger partial charge on any atom is 0.191 e. The number of halogens is 2. The average molecular weight is 480 g/mol. The highest BCUT2D eigenvalue weighted by Gasteiger charge is 2.23. The van der Waals surface area contributed by atoms with Gasteiger partial charge in [-0.05, 0) is 24.6 Å². The first-order chi connectivity index (χ1) is 12.2. The molecule has 1 aromatic carbocycles. The van der Waals surface area contributed by atoms with Gasteiger partial charge < -0.3 is 20.1 Å². The van der Waals surface area contributed by atoms with Crippen LogP contribution in [0.5, 0.6) is 0 Å². The topological polar surface area (TPSA) is 58.1 Å². The fraction of sp³-hybridized carbons (Fsp3) is 0.611. The molecule has 0 aliphatic carbocycles. The lowest BCUT2D eigenvalue weighted by Crippen LogP contribution is -2.42. The van der Waals surface area contributed by atoms with Gasteiger partial charge in [0.1, 0.15) is 5.82 Å². The molecule has 0 bridgehead atoms. The summed E-state index contributed by atoms with van der Waals surface area (Å²) in [7, 11) is 1.67. The van der Waals surface area contributed by atoms with Gasteiger partial charge in [-0.15, -0.1) is 24.0 Å². The number of guanidine groups is 1. The van der Waals surface area contributed by atoms with Crippen LogP contribution >= 0.6 is 24.0 Å². The summed E-state index contributed by atoms with van der Waals surface area (Å²) < 4.78 is 24.2. The Labute approximate surface area is 172 Å². The minimum Gasteiger partial charge on any atom is -0.383 e. The Hall–Kier alpha value is -0.970. The molecule has 2 N–H and O–H groups in total. The van der Waals surface area contributed by atoms with Crippen LogP contribution in [0.4, 0.5) is 4.39 Å². The number of hydrogen-bond donors (Lipinski definition) is 2. The molecule has 0 amide bonds. The largest absolute Gasteiger partial charge is 0.383 e. The van der Waals surface area contributed by atoms with Crippen LogP contribution in [0.25, 0.3) is 0 Å². The van der Waals surface area contributed by atoms with Crippen LogP contribution in [0.3, 0.4) is 0 Å². The first-order valence-electron chi connectivity index (χ1n) is 8.83. The standard InChI is InChI=1S/C18H29FN4O2.HI/c1-3-20-18(21-7-10-24-2)22-14-17(23-8-11-25-12-9-23)15-5-4-6-16(19)13-15;/h4-6,13,17H,3,7-12,14H2,1-2H3,(H2,20,21,22);1H. The summed E-state index contributed by atoms with van der Waals surface area (Å²) in [5.41, 5.74) is 0.943. The average Bonchev–Trinajstić information content (AvgIpc) is 2.63. The third-order valence-electron chi connectivity index (χ3n) is 4.09. The van der Waals surface area contributed by atoms with Gasteiger partial charge in [0.05, 0.1) is 32.4 Å². The van der Waals surface area contributed by atoms with Gasteiger partial charge in [-0.2, -0.15) is 0 Å². The zero-order valence-corrected chi connectivity index (χ0v) is 17.9. The molecule has 1 saturated heterocycles. The molecule has 1 unspecified atom stereocenters. The van der Waals surface area contributed by atoms with E-state index in [0.717, 1.165) is 31.2 Å². The Kier molecular flexibility index (Phi) is 11.7. The van der Waals surface area contributed by atoms with Gasteiger partial charge in [-0.25, -0.2) is 4.39 Å². The number of rotatable bonds is 8. The molecule has 1 aliphatic rings. The summed E-state index contributed by atoms with van der Waals surface area (Å²) in [5.74, 6) is 0.527. The van der Waals surface area contributed by atoms with Crippen LogP contribution < -0.4 is 10.6 Å². The highest BCUT2D eigenvalue weighted by molar-refractivity contribution is 14.0. The maximum absolute atomic E-state index is 13.7. The molecule has 1 atom stereocenters. The molecule has 2 rings (SSSR count). The second kappa shape index (κ2) is 13.2. The minimum atomic E-state index is -0.218. The third-order valence-corrected chi connectivity index (χ3v) is 4.09. The quantitative estimate of drug-likeness (QED) is 0.258. The predicted octanol–water partition coefficient (Wildman–Crippen LogP) is 2.02. The second-order valence-electron chi connectivity index (χ2n) is 5.86. The van der Waals surface area contributed by atoms with Crippen LogP contribution in [0, 0.1) is 5.82 Å². The lowest BCUT2D eigenvalue weighted by Gasteiger charge is -2.34. The second-order valence-corrected chi connectivity index (χ2v) is 5.86. The summed E-state index contributed by atoms with van der Waals surface area (Å²) in [6.45, 7) is 7.69. The van der Waals surface area contributed by atoms with Gasteiger partial charge in [0.15, 0.2) is 5.96 Å². The first-order valence-corrected chi connectivity index (χ1v) is 8.83. The molecule has 0 aromatic heterocycles. The van der Waals surface area contributed by atoms with Crippen molar-refractivity contribution in [3.63, 3.8) is 0 Å². The van der Waals surface area contributed by atoms with E-state index in [1.165, 1.54) is 6.07 Å². The van der Waals surface area contributed by atoms with Crippen molar-refractivity contribution in [3.8, 4) is 0 Å². The smallest absolute Gasteiger partial charge is 0.191 e. The van der Waals surface area contributed by atoms with Gasteiger partial charge in [0.25, 0.3) is 0 Å². The Morgan fingerprint density at radius 3 is 2.77 bits per heavy atom. The van der Waals surface area contributed by atoms with Crippen LogP contribution in [-0.4, -0.2) is 70.5 Å². The number of aliphatic imine (C=N–C) groups is 1. The summed E-state index contributed by atoms with van der Waals surface area (Å²) in [6, 6.07) is 6.81. The van der Waals surface area contributed by atoms with Gasteiger partial charge in [-0.3, -0.25) is 9.89 Å². The zero-order valence-electron chi connectivity index (χ0n) is 15.5. The third kappa shape index (κ3) is 7.73. The molecule has 1 heterocycles. The van der Waals surface area contributed by atoms with Gasteiger partial charge in [0.2, 0.25) is 0 Å². The fourth-order valence-electron chi connectivity index (χ4n) is 2.83. The number of ether oxygens (including phenoxy) is 2. The van der Waals surface area contributed by atoms with Crippen LogP contribution in [0.15, 0.2) is 29.3 Å². The molecule has 1 fully saturated rings. The van der Waals surface area contributed by atoms with E-state index in [4.69, 9.17) is 14.5 Å². The molecule has 8 heteroatoms. The summed E-state index contributed by atoms with van der Waals surface area (Å²) in [5, 5.41) is 6.47. The van der Waals surface area contributed by atoms with Crippen molar-refractivity contribution in [1.29, 1.82) is 0 Å². The van der Waals surface area contributed by atoms with E-state index in [1.54, 1.807) is 19.2 Å². The van der Waals surface area contributed by atoms with Crippen molar-refractivity contribution < 1.29 is 13.9 Å². The van der Waals surface area contributed by atoms with Crippen molar-refractivity contribution in [2.24, 2.45) is 4.99 Å². The fourth-order valence-corrected chi connectivity index (χ4v) is 2.83. The highest BCUT2D eigenvalue weighted by atomic mass is 127. The van der Waals surface area contributed by atoms with Gasteiger partial charge in [0, 0.05) is 33.3 Å². The van der Waals surface area contributed by atoms with E-state index in [9.17, 15) is 4.39 Å². The lowest BCUT2D eigenvalue weighted by atomic mass is 10.0. The molecule has 148 valence electrons. The highest BCUT2D eigenvalue weighted by Crippen LogP contribution is 2.23. The first kappa shape index (κ1) is 23.1. The summed E-state index contributed by atoms with van der Waals surface area (Å²) >= 11 is 0. The number of methoxy groups -OCH3 is 1. The minimum absolute atomic E-state index is 0. The van der Waals surface area contributed by atoms with Gasteiger partial charge >= 0.3 is 0 Å². The molecular weight excluding hydrogens is 450 g/mol. The molecule has 6 nitrogen and oxygen atoms in total. The van der Waals surface area contributed by atoms with Crippen LogP contribution in [0.2, 0.25) is 0 Å². The normalized spacial score (nSPS) is 16.7. The lowest BCUT2D eigenvalue weighted by molar-refractivity contribution is 0.0179. The molecule has 1 aromatic rings. The molecule has 26 heavy (non-hydrogen) atoms. The SMILES string of the molecule is CCNC(=NCC(c1cccc(F)c1)N1CCOCC1)NCCOC.I. The Balaban J connectivity index is 0.00000338. The van der Waals surface area contributed by atoms with E-state index in [-0.39, 0.29) is 35.8 Å². The van der Waals surface area contributed by atoms with Crippen LogP contribution in [-0.2, 0) is 9.47 Å². The number of nitrogens with one attached hydrogen (secondary N) is 2. The number of nitrogens with zero attached hydrogens (tertiary/aromatic N) is 2. The number of morpholine rings is 1. The Bertz CT molecular complexity index is 542. The van der Waals surface area contributed by atoms with E-state index in [2.05, 4.69) is 15.5 Å². The maximum atomic E-state index is 13.7. The molecule has 0 saturated carbocycles. The van der Waals surface area contributed by atoms with Crippen molar-refractivity contribution in [2.45, 2.75) is 13.0 Å². The van der Waals surface area contributed by atoms with Crippen molar-refractivity contribution >= 4 is 29.9 Å². The van der Waals surface area contributed by atoms with E-state index in [0.29, 0.717) is 32.9 Å². The monoisotopic (exact) mass is 480 g/mol. The van der Waals surface area contributed by atoms with Crippen molar-refractivity contribution in [2.75, 3.05) is 59.7 Å². The van der Waals surface area contributed by atoms with Crippen molar-refractivity contribution in [1.82, 2.24) is 15.5 Å². The predicted molar refractivity (Wildman–Crippen MR) is 113 cm³/mol. The summed E-state index contributed by atoms with van der Waals surface area (Å²) in [4.78, 5) is 7.01.